The summed E-state index contributed by atoms with van der Waals surface area (Å²) in [5.41, 5.74) is 0. The maximum Gasteiger partial charge on any atom is 0.306 e. The molecule has 10 heteroatoms. The average Bonchev–Trinajstić information content (AvgIpc) is 3.34. The van der Waals surface area contributed by atoms with Crippen molar-refractivity contribution in [2.75, 3.05) is 47.5 Å². The van der Waals surface area contributed by atoms with Gasteiger partial charge in [0.05, 0.1) is 27.7 Å². The zero-order chi connectivity index (χ0) is 52.7. The van der Waals surface area contributed by atoms with E-state index in [2.05, 4.69) is 86.8 Å². The summed E-state index contributed by atoms with van der Waals surface area (Å²) in [6.45, 7) is 4.08. The summed E-state index contributed by atoms with van der Waals surface area (Å²) < 4.78 is 33.9. The summed E-state index contributed by atoms with van der Waals surface area (Å²) in [5.74, 6) is -0.832. The molecule has 0 aliphatic heterocycles. The SMILES string of the molecule is CC/C=C\C/C=C\C/C=C\C/C=C\C/C=C\C/C=C\CCCCCCCCCCCCCCCCCCCCCCCCC(=O)OC(COC(=O)CCCCCCCCC)COP(=O)([O-])OCC[N+](C)(C)C. The molecule has 0 rings (SSSR count). The van der Waals surface area contributed by atoms with E-state index in [9.17, 15) is 19.0 Å². The van der Waals surface area contributed by atoms with Gasteiger partial charge in [0.1, 0.15) is 19.8 Å². The number of unbranched alkanes of at least 4 members (excludes halogenated alkanes) is 28. The summed E-state index contributed by atoms with van der Waals surface area (Å²) >= 11 is 0. The van der Waals surface area contributed by atoms with Crippen molar-refractivity contribution < 1.29 is 42.1 Å². The number of likely N-dealkylation sites (N-methyl/N-ethyl adjacent to an activating group) is 1. The van der Waals surface area contributed by atoms with E-state index < -0.39 is 26.5 Å². The minimum atomic E-state index is -4.62. The molecular weight excluding hydrogens is 918 g/mol. The quantitative estimate of drug-likeness (QED) is 0.0195. The van der Waals surface area contributed by atoms with Crippen LogP contribution in [-0.4, -0.2) is 70.0 Å². The average molecular weight is 1030 g/mol. The van der Waals surface area contributed by atoms with Crippen LogP contribution in [0.25, 0.3) is 0 Å². The van der Waals surface area contributed by atoms with Crippen LogP contribution in [0.1, 0.15) is 258 Å². The lowest BCUT2D eigenvalue weighted by molar-refractivity contribution is -0.870. The highest BCUT2D eigenvalue weighted by atomic mass is 31.2. The van der Waals surface area contributed by atoms with Crippen molar-refractivity contribution in [3.8, 4) is 0 Å². The molecule has 0 saturated carbocycles. The molecule has 2 unspecified atom stereocenters. The number of phosphoric ester groups is 1. The van der Waals surface area contributed by atoms with Gasteiger partial charge in [0.25, 0.3) is 7.82 Å². The number of nitrogens with zero attached hydrogens (tertiary/aromatic N) is 1. The Bertz CT molecular complexity index is 1450. The van der Waals surface area contributed by atoms with Gasteiger partial charge in [-0.05, 0) is 64.2 Å². The van der Waals surface area contributed by atoms with E-state index in [-0.39, 0.29) is 32.0 Å². The molecular formula is C62H112NO8P. The number of carbonyl (C=O) groups excluding carboxylic acids is 2. The maximum atomic E-state index is 12.7. The normalized spacial score (nSPS) is 13.8. The first kappa shape index (κ1) is 69.5. The fourth-order valence-electron chi connectivity index (χ4n) is 8.19. The van der Waals surface area contributed by atoms with Gasteiger partial charge in [0, 0.05) is 12.8 Å². The lowest BCUT2D eigenvalue weighted by Crippen LogP contribution is -2.37. The number of quaternary nitrogens is 1. The van der Waals surface area contributed by atoms with Crippen molar-refractivity contribution >= 4 is 19.8 Å². The highest BCUT2D eigenvalue weighted by Crippen LogP contribution is 2.38. The highest BCUT2D eigenvalue weighted by molar-refractivity contribution is 7.45. The lowest BCUT2D eigenvalue weighted by atomic mass is 10.0. The number of esters is 2. The summed E-state index contributed by atoms with van der Waals surface area (Å²) in [6.07, 6.45) is 70.1. The molecule has 0 heterocycles. The third-order valence-corrected chi connectivity index (χ3v) is 13.7. The van der Waals surface area contributed by atoms with Gasteiger partial charge >= 0.3 is 11.9 Å². The molecule has 0 aromatic carbocycles. The van der Waals surface area contributed by atoms with E-state index in [0.29, 0.717) is 17.4 Å². The second-order valence-electron chi connectivity index (χ2n) is 21.0. The fraction of sp³-hybridized carbons (Fsp3) is 0.774. The first-order valence-electron chi connectivity index (χ1n) is 29.6. The number of ether oxygens (including phenoxy) is 2. The van der Waals surface area contributed by atoms with Crippen LogP contribution in [0.15, 0.2) is 72.9 Å². The molecule has 0 amide bonds. The van der Waals surface area contributed by atoms with Crippen LogP contribution in [0.4, 0.5) is 0 Å². The van der Waals surface area contributed by atoms with Crippen molar-refractivity contribution in [2.45, 2.75) is 264 Å². The third kappa shape index (κ3) is 56.7. The van der Waals surface area contributed by atoms with Crippen molar-refractivity contribution in [1.29, 1.82) is 0 Å². The highest BCUT2D eigenvalue weighted by Gasteiger charge is 2.22. The molecule has 72 heavy (non-hydrogen) atoms. The second kappa shape index (κ2) is 53.3. The van der Waals surface area contributed by atoms with Crippen LogP contribution in [0, 0.1) is 0 Å². The summed E-state index contributed by atoms with van der Waals surface area (Å²) in [6, 6.07) is 0. The molecule has 0 aromatic heterocycles. The van der Waals surface area contributed by atoms with Crippen molar-refractivity contribution in [1.82, 2.24) is 0 Å². The van der Waals surface area contributed by atoms with Crippen LogP contribution in [0.3, 0.4) is 0 Å². The van der Waals surface area contributed by atoms with Crippen LogP contribution in [-0.2, 0) is 32.7 Å². The Morgan fingerprint density at radius 2 is 0.792 bits per heavy atom. The van der Waals surface area contributed by atoms with E-state index in [1.165, 1.54) is 154 Å². The van der Waals surface area contributed by atoms with Crippen molar-refractivity contribution in [2.24, 2.45) is 0 Å². The molecule has 0 aliphatic carbocycles. The van der Waals surface area contributed by atoms with Crippen molar-refractivity contribution in [3.05, 3.63) is 72.9 Å². The summed E-state index contributed by atoms with van der Waals surface area (Å²) in [4.78, 5) is 37.5. The number of phosphoric acid groups is 1. The number of rotatable bonds is 54. The van der Waals surface area contributed by atoms with Gasteiger partial charge in [0.2, 0.25) is 0 Å². The Balaban J connectivity index is 3.79. The van der Waals surface area contributed by atoms with Gasteiger partial charge in [-0.1, -0.05) is 254 Å². The second-order valence-corrected chi connectivity index (χ2v) is 22.4. The standard InChI is InChI=1S/C62H112NO8P/c1-6-8-10-12-14-15-16-17-18-19-20-21-22-23-24-25-26-27-28-29-30-31-32-33-34-35-36-37-38-39-40-41-42-43-44-45-46-47-49-51-53-55-62(65)71-60(59-70-72(66,67)69-57-56-63(3,4)5)58-68-61(64)54-52-50-48-13-11-9-7-2/h8,10,14-15,17-18,20-21,23-24,26-27,60H,6-7,9,11-13,16,19,22,25,28-59H2,1-5H3/b10-8-,15-14-,18-17-,21-20-,24-23-,27-26-. The smallest absolute Gasteiger partial charge is 0.306 e. The molecule has 9 nitrogen and oxygen atoms in total. The van der Waals surface area contributed by atoms with Gasteiger partial charge in [-0.15, -0.1) is 0 Å². The molecule has 0 N–H and O–H groups in total. The van der Waals surface area contributed by atoms with Gasteiger partial charge in [-0.2, -0.15) is 0 Å². The Hall–Kier alpha value is -2.55. The van der Waals surface area contributed by atoms with E-state index in [1.54, 1.807) is 0 Å². The first-order valence-corrected chi connectivity index (χ1v) is 31.1. The molecule has 418 valence electrons. The van der Waals surface area contributed by atoms with Crippen LogP contribution >= 0.6 is 7.82 Å². The zero-order valence-corrected chi connectivity index (χ0v) is 48.3. The molecule has 0 spiro atoms. The summed E-state index contributed by atoms with van der Waals surface area (Å²) in [7, 11) is 1.17. The minimum Gasteiger partial charge on any atom is -0.756 e. The zero-order valence-electron chi connectivity index (χ0n) is 47.4. The maximum absolute atomic E-state index is 12.7. The number of carbonyl (C=O) groups is 2. The van der Waals surface area contributed by atoms with E-state index in [1.807, 2.05) is 21.1 Å². The predicted molar refractivity (Wildman–Crippen MR) is 305 cm³/mol. The monoisotopic (exact) mass is 1030 g/mol. The number of hydrogen-bond donors (Lipinski definition) is 0. The van der Waals surface area contributed by atoms with Gasteiger partial charge in [-0.25, -0.2) is 0 Å². The third-order valence-electron chi connectivity index (χ3n) is 12.7. The van der Waals surface area contributed by atoms with Gasteiger partial charge < -0.3 is 27.9 Å². The topological polar surface area (TPSA) is 111 Å². The van der Waals surface area contributed by atoms with Gasteiger partial charge in [0.15, 0.2) is 6.10 Å². The molecule has 0 saturated heterocycles. The summed E-state index contributed by atoms with van der Waals surface area (Å²) in [5, 5.41) is 0. The number of allylic oxidation sites excluding steroid dienone is 12. The van der Waals surface area contributed by atoms with Crippen LogP contribution in [0.5, 0.6) is 0 Å². The molecule has 2 atom stereocenters. The lowest BCUT2D eigenvalue weighted by Gasteiger charge is -2.28. The Morgan fingerprint density at radius 1 is 0.444 bits per heavy atom. The first-order chi connectivity index (χ1) is 35.0. The largest absolute Gasteiger partial charge is 0.756 e. The van der Waals surface area contributed by atoms with E-state index in [0.717, 1.165) is 70.6 Å². The molecule has 0 fully saturated rings. The fourth-order valence-corrected chi connectivity index (χ4v) is 8.92. The van der Waals surface area contributed by atoms with Crippen LogP contribution in [0.2, 0.25) is 0 Å². The molecule has 0 aliphatic rings. The van der Waals surface area contributed by atoms with E-state index >= 15 is 0 Å². The predicted octanol–water partition coefficient (Wildman–Crippen LogP) is 17.8. The Morgan fingerprint density at radius 3 is 1.18 bits per heavy atom. The number of hydrogen-bond acceptors (Lipinski definition) is 8. The molecule has 0 bridgehead atoms. The molecule has 0 aromatic rings. The van der Waals surface area contributed by atoms with E-state index in [4.69, 9.17) is 18.5 Å². The Labute approximate surface area is 444 Å². The van der Waals surface area contributed by atoms with Gasteiger partial charge in [-0.3, -0.25) is 14.2 Å². The van der Waals surface area contributed by atoms with Crippen LogP contribution < -0.4 is 4.89 Å². The Kier molecular flexibility index (Phi) is 51.4. The molecule has 0 radical (unpaired) electrons. The van der Waals surface area contributed by atoms with Crippen molar-refractivity contribution in [3.63, 3.8) is 0 Å². The minimum absolute atomic E-state index is 0.0296.